The van der Waals surface area contributed by atoms with Crippen LogP contribution in [0.3, 0.4) is 0 Å². The van der Waals surface area contributed by atoms with Crippen LogP contribution >= 0.6 is 0 Å². The summed E-state index contributed by atoms with van der Waals surface area (Å²) in [6.07, 6.45) is 2.34. The minimum absolute atomic E-state index is 0. The number of hydrogen-bond acceptors (Lipinski definition) is 0. The Morgan fingerprint density at radius 1 is 0.567 bits per heavy atom. The van der Waals surface area contributed by atoms with Crippen molar-refractivity contribution in [1.29, 1.82) is 0 Å². The zero-order chi connectivity index (χ0) is 19.2. The van der Waals surface area contributed by atoms with Crippen molar-refractivity contribution in [2.24, 2.45) is 0 Å². The first-order chi connectivity index (χ1) is 13.9. The van der Waals surface area contributed by atoms with Crippen molar-refractivity contribution in [1.82, 2.24) is 0 Å². The first-order valence-corrected chi connectivity index (χ1v) is 10.1. The molecule has 0 aliphatic rings. The molecule has 4 aromatic rings. The van der Waals surface area contributed by atoms with Gasteiger partial charge < -0.3 is 22.5 Å². The SMILES string of the molecule is CCCC[n+]1c(-c2ccccc2)cc(-c2ccccc2)cc1-c1ccccc1.O.[Br-]. The molecule has 154 valence electrons. The molecule has 0 amide bonds. The van der Waals surface area contributed by atoms with E-state index in [1.165, 1.54) is 40.1 Å². The molecule has 0 bridgehead atoms. The summed E-state index contributed by atoms with van der Waals surface area (Å²) in [6.45, 7) is 3.27. The minimum Gasteiger partial charge on any atom is -1.00 e. The van der Waals surface area contributed by atoms with Gasteiger partial charge in [0.05, 0.1) is 0 Å². The first-order valence-electron chi connectivity index (χ1n) is 10.1. The van der Waals surface area contributed by atoms with E-state index in [1.807, 2.05) is 0 Å². The molecule has 30 heavy (non-hydrogen) atoms. The van der Waals surface area contributed by atoms with E-state index in [2.05, 4.69) is 115 Å². The number of aromatic nitrogens is 1. The normalized spacial score (nSPS) is 10.0. The van der Waals surface area contributed by atoms with Crippen molar-refractivity contribution in [3.63, 3.8) is 0 Å². The van der Waals surface area contributed by atoms with Gasteiger partial charge in [0, 0.05) is 29.7 Å². The predicted molar refractivity (Wildman–Crippen MR) is 121 cm³/mol. The molecule has 0 unspecified atom stereocenters. The monoisotopic (exact) mass is 461 g/mol. The smallest absolute Gasteiger partial charge is 0.213 e. The van der Waals surface area contributed by atoms with Crippen molar-refractivity contribution in [3.8, 4) is 33.6 Å². The van der Waals surface area contributed by atoms with Crippen LogP contribution in [0.4, 0.5) is 0 Å². The molecule has 0 radical (unpaired) electrons. The molecule has 0 saturated carbocycles. The molecule has 3 aromatic carbocycles. The van der Waals surface area contributed by atoms with Crippen molar-refractivity contribution in [3.05, 3.63) is 103 Å². The summed E-state index contributed by atoms with van der Waals surface area (Å²) in [4.78, 5) is 0. The van der Waals surface area contributed by atoms with E-state index >= 15 is 0 Å². The second kappa shape index (κ2) is 11.4. The van der Waals surface area contributed by atoms with Gasteiger partial charge in [-0.1, -0.05) is 80.1 Å². The molecule has 4 rings (SSSR count). The van der Waals surface area contributed by atoms with Gasteiger partial charge in [-0.3, -0.25) is 0 Å². The van der Waals surface area contributed by atoms with E-state index in [4.69, 9.17) is 0 Å². The van der Waals surface area contributed by atoms with Gasteiger partial charge in [-0.05, 0) is 35.4 Å². The third-order valence-electron chi connectivity index (χ3n) is 5.15. The van der Waals surface area contributed by atoms with Crippen LogP contribution < -0.4 is 21.5 Å². The van der Waals surface area contributed by atoms with Crippen LogP contribution in [-0.2, 0) is 6.54 Å². The number of halogens is 1. The van der Waals surface area contributed by atoms with Crippen LogP contribution in [0, 0.1) is 0 Å². The summed E-state index contributed by atoms with van der Waals surface area (Å²) in [6, 6.07) is 36.8. The minimum atomic E-state index is 0. The molecular formula is C27H28BrNO. The molecule has 1 aromatic heterocycles. The zero-order valence-corrected chi connectivity index (χ0v) is 18.8. The van der Waals surface area contributed by atoms with E-state index < -0.39 is 0 Å². The van der Waals surface area contributed by atoms with E-state index in [0.29, 0.717) is 0 Å². The van der Waals surface area contributed by atoms with E-state index in [1.54, 1.807) is 0 Å². The molecule has 0 aliphatic heterocycles. The predicted octanol–water partition coefficient (Wildman–Crippen LogP) is 2.95. The number of unbranched alkanes of at least 4 members (excludes halogenated alkanes) is 1. The summed E-state index contributed by atoms with van der Waals surface area (Å²) in [7, 11) is 0. The van der Waals surface area contributed by atoms with Crippen LogP contribution in [-0.4, -0.2) is 5.48 Å². The lowest BCUT2D eigenvalue weighted by Crippen LogP contribution is -3.00. The maximum atomic E-state index is 2.49. The van der Waals surface area contributed by atoms with Crippen LogP contribution in [0.1, 0.15) is 19.8 Å². The Balaban J connectivity index is 0.00000160. The van der Waals surface area contributed by atoms with Gasteiger partial charge in [-0.25, -0.2) is 0 Å². The average molecular weight is 462 g/mol. The quantitative estimate of drug-likeness (QED) is 0.395. The number of rotatable bonds is 6. The van der Waals surface area contributed by atoms with Crippen LogP contribution in [0.5, 0.6) is 0 Å². The Bertz CT molecular complexity index is 974. The maximum absolute atomic E-state index is 2.49. The van der Waals surface area contributed by atoms with E-state index in [-0.39, 0.29) is 22.5 Å². The number of benzene rings is 3. The molecule has 0 fully saturated rings. The van der Waals surface area contributed by atoms with Crippen LogP contribution in [0.2, 0.25) is 0 Å². The largest absolute Gasteiger partial charge is 1.00 e. The van der Waals surface area contributed by atoms with Gasteiger partial charge in [0.2, 0.25) is 11.4 Å². The molecule has 3 heteroatoms. The Morgan fingerprint density at radius 2 is 0.967 bits per heavy atom. The molecular weight excluding hydrogens is 434 g/mol. The highest BCUT2D eigenvalue weighted by molar-refractivity contribution is 5.73. The average Bonchev–Trinajstić information content (AvgIpc) is 2.79. The highest BCUT2D eigenvalue weighted by Crippen LogP contribution is 2.29. The van der Waals surface area contributed by atoms with Gasteiger partial charge in [0.15, 0.2) is 0 Å². The second-order valence-electron chi connectivity index (χ2n) is 7.12. The highest BCUT2D eigenvalue weighted by Gasteiger charge is 2.22. The Kier molecular flexibility index (Phi) is 8.97. The van der Waals surface area contributed by atoms with E-state index in [9.17, 15) is 0 Å². The van der Waals surface area contributed by atoms with Crippen molar-refractivity contribution >= 4 is 0 Å². The Labute approximate surface area is 189 Å². The van der Waals surface area contributed by atoms with Gasteiger partial charge in [-0.2, -0.15) is 4.57 Å². The molecule has 0 aliphatic carbocycles. The van der Waals surface area contributed by atoms with Crippen molar-refractivity contribution in [2.75, 3.05) is 0 Å². The standard InChI is InChI=1S/C27H26N.BrH.H2O/c1-2-3-19-28-26(23-15-9-5-10-16-23)20-25(22-13-7-4-8-14-22)21-27(28)24-17-11-6-12-18-24;;/h4-18,20-21H,2-3,19H2,1H3;1H;1H2/q+1;;/p-1. The molecule has 0 saturated heterocycles. The fourth-order valence-electron chi connectivity index (χ4n) is 3.67. The van der Waals surface area contributed by atoms with E-state index in [0.717, 1.165) is 13.0 Å². The first kappa shape index (κ1) is 23.5. The van der Waals surface area contributed by atoms with Crippen molar-refractivity contribution < 1.29 is 27.0 Å². The molecule has 1 heterocycles. The van der Waals surface area contributed by atoms with Gasteiger partial charge >= 0.3 is 0 Å². The Hall–Kier alpha value is -2.75. The van der Waals surface area contributed by atoms with Gasteiger partial charge in [-0.15, -0.1) is 0 Å². The lowest BCUT2D eigenvalue weighted by Gasteiger charge is -2.12. The fraction of sp³-hybridized carbons (Fsp3) is 0.148. The molecule has 2 N–H and O–H groups in total. The maximum Gasteiger partial charge on any atom is 0.213 e. The number of pyridine rings is 1. The lowest BCUT2D eigenvalue weighted by molar-refractivity contribution is -0.675. The zero-order valence-electron chi connectivity index (χ0n) is 17.3. The van der Waals surface area contributed by atoms with Crippen molar-refractivity contribution in [2.45, 2.75) is 26.3 Å². The molecule has 0 spiro atoms. The number of hydrogen-bond donors (Lipinski definition) is 0. The second-order valence-corrected chi connectivity index (χ2v) is 7.12. The summed E-state index contributed by atoms with van der Waals surface area (Å²) in [5.74, 6) is 0. The van der Waals surface area contributed by atoms with Gasteiger partial charge in [0.1, 0.15) is 6.54 Å². The summed E-state index contributed by atoms with van der Waals surface area (Å²) in [5, 5.41) is 0. The summed E-state index contributed by atoms with van der Waals surface area (Å²) in [5.41, 5.74) is 7.57. The Morgan fingerprint density at radius 3 is 1.37 bits per heavy atom. The number of nitrogens with zero attached hydrogens (tertiary/aromatic N) is 1. The van der Waals surface area contributed by atoms with Gasteiger partial charge in [0.25, 0.3) is 0 Å². The lowest BCUT2D eigenvalue weighted by atomic mass is 9.99. The summed E-state index contributed by atoms with van der Waals surface area (Å²) < 4.78 is 2.49. The third-order valence-corrected chi connectivity index (χ3v) is 5.15. The summed E-state index contributed by atoms with van der Waals surface area (Å²) >= 11 is 0. The fourth-order valence-corrected chi connectivity index (χ4v) is 3.67. The van der Waals surface area contributed by atoms with Crippen LogP contribution in [0.25, 0.3) is 33.6 Å². The molecule has 2 nitrogen and oxygen atoms in total. The molecule has 0 atom stereocenters. The van der Waals surface area contributed by atoms with Crippen LogP contribution in [0.15, 0.2) is 103 Å². The third kappa shape index (κ3) is 5.24. The topological polar surface area (TPSA) is 35.4 Å². The highest BCUT2D eigenvalue weighted by atomic mass is 79.9.